The number of rotatable bonds is 11. The first-order chi connectivity index (χ1) is 19.6. The van der Waals surface area contributed by atoms with Gasteiger partial charge in [0.05, 0.1) is 5.56 Å². The lowest BCUT2D eigenvalue weighted by molar-refractivity contribution is -0.137. The number of aromatic nitrogens is 1. The molecule has 0 unspecified atom stereocenters. The number of carbonyl (C=O) groups is 2. The second-order valence-electron chi connectivity index (χ2n) is 10.5. The van der Waals surface area contributed by atoms with Crippen LogP contribution in [0.1, 0.15) is 36.1 Å². The fourth-order valence-corrected chi connectivity index (χ4v) is 4.71. The molecule has 41 heavy (non-hydrogen) atoms. The Morgan fingerprint density at radius 1 is 0.878 bits per heavy atom. The first-order valence-electron chi connectivity index (χ1n) is 13.7. The van der Waals surface area contributed by atoms with E-state index in [4.69, 9.17) is 0 Å². The van der Waals surface area contributed by atoms with E-state index in [-0.39, 0.29) is 30.9 Å². The molecule has 1 heterocycles. The van der Waals surface area contributed by atoms with Crippen LogP contribution in [0.2, 0.25) is 0 Å². The molecule has 216 valence electrons. The highest BCUT2D eigenvalue weighted by Crippen LogP contribution is 2.29. The van der Waals surface area contributed by atoms with Gasteiger partial charge in [-0.3, -0.25) is 4.79 Å². The van der Waals surface area contributed by atoms with Gasteiger partial charge < -0.3 is 20.1 Å². The van der Waals surface area contributed by atoms with E-state index >= 15 is 0 Å². The minimum Gasteiger partial charge on any atom is -0.361 e. The lowest BCUT2D eigenvalue weighted by atomic mass is 10.1. The van der Waals surface area contributed by atoms with Crippen LogP contribution < -0.4 is 5.32 Å². The van der Waals surface area contributed by atoms with Gasteiger partial charge in [-0.2, -0.15) is 13.2 Å². The average molecular weight is 565 g/mol. The Hall–Kier alpha value is -4.27. The maximum atomic E-state index is 13.7. The Morgan fingerprint density at radius 2 is 1.56 bits per heavy atom. The Morgan fingerprint density at radius 3 is 2.24 bits per heavy atom. The predicted molar refractivity (Wildman–Crippen MR) is 154 cm³/mol. The van der Waals surface area contributed by atoms with E-state index in [1.165, 1.54) is 17.0 Å². The monoisotopic (exact) mass is 564 g/mol. The zero-order chi connectivity index (χ0) is 29.4. The summed E-state index contributed by atoms with van der Waals surface area (Å²) < 4.78 is 39.3. The zero-order valence-electron chi connectivity index (χ0n) is 23.2. The number of benzene rings is 3. The van der Waals surface area contributed by atoms with Crippen LogP contribution in [-0.4, -0.2) is 46.4 Å². The van der Waals surface area contributed by atoms with Crippen LogP contribution >= 0.6 is 0 Å². The number of hydrogen-bond donors (Lipinski definition) is 2. The smallest absolute Gasteiger partial charge is 0.361 e. The molecule has 3 aromatic carbocycles. The van der Waals surface area contributed by atoms with Crippen molar-refractivity contribution < 1.29 is 22.8 Å². The van der Waals surface area contributed by atoms with Crippen molar-refractivity contribution >= 4 is 22.8 Å². The Kier molecular flexibility index (Phi) is 9.70. The molecule has 4 rings (SSSR count). The molecule has 0 saturated carbocycles. The summed E-state index contributed by atoms with van der Waals surface area (Å²) in [4.78, 5) is 33.2. The minimum atomic E-state index is -4.44. The van der Waals surface area contributed by atoms with Crippen LogP contribution in [0.15, 0.2) is 85.1 Å². The third-order valence-electron chi connectivity index (χ3n) is 6.82. The molecule has 6 nitrogen and oxygen atoms in total. The number of fused-ring (bicyclic) bond motifs is 1. The van der Waals surface area contributed by atoms with Gasteiger partial charge in [-0.1, -0.05) is 74.5 Å². The second kappa shape index (κ2) is 13.4. The van der Waals surface area contributed by atoms with Gasteiger partial charge in [0.2, 0.25) is 5.91 Å². The maximum absolute atomic E-state index is 13.7. The number of urea groups is 1. The number of nitrogens with zero attached hydrogens (tertiary/aromatic N) is 2. The summed E-state index contributed by atoms with van der Waals surface area (Å²) >= 11 is 0. The Labute approximate surface area is 238 Å². The number of hydrogen-bond acceptors (Lipinski definition) is 2. The summed E-state index contributed by atoms with van der Waals surface area (Å²) in [7, 11) is 0. The van der Waals surface area contributed by atoms with E-state index in [9.17, 15) is 22.8 Å². The highest BCUT2D eigenvalue weighted by molar-refractivity contribution is 5.85. The van der Waals surface area contributed by atoms with Gasteiger partial charge in [0.25, 0.3) is 0 Å². The molecule has 9 heteroatoms. The topological polar surface area (TPSA) is 68.4 Å². The SMILES string of the molecule is CC(C)CN(CC(=O)N(CCc1c[nH]c2ccccc12)Cc1ccc(C(F)(F)F)cc1)C(=O)NCc1ccccc1. The molecule has 0 spiro atoms. The highest BCUT2D eigenvalue weighted by Gasteiger charge is 2.30. The number of amides is 3. The second-order valence-corrected chi connectivity index (χ2v) is 10.5. The first kappa shape index (κ1) is 29.7. The summed E-state index contributed by atoms with van der Waals surface area (Å²) in [5, 5.41) is 3.95. The molecule has 0 saturated heterocycles. The van der Waals surface area contributed by atoms with Crippen molar-refractivity contribution in [2.45, 2.75) is 39.5 Å². The zero-order valence-corrected chi connectivity index (χ0v) is 23.2. The molecule has 2 N–H and O–H groups in total. The fourth-order valence-electron chi connectivity index (χ4n) is 4.71. The van der Waals surface area contributed by atoms with Crippen LogP contribution in [0.5, 0.6) is 0 Å². The molecule has 0 radical (unpaired) electrons. The normalized spacial score (nSPS) is 11.6. The summed E-state index contributed by atoms with van der Waals surface area (Å²) in [6.07, 6.45) is -1.98. The Bertz CT molecular complexity index is 1430. The highest BCUT2D eigenvalue weighted by atomic mass is 19.4. The van der Waals surface area contributed by atoms with Crippen molar-refractivity contribution in [3.63, 3.8) is 0 Å². The number of para-hydroxylation sites is 1. The standard InChI is InChI=1S/C32H35F3N4O2/c1-23(2)20-39(31(41)37-18-24-8-4-3-5-9-24)22-30(40)38(21-25-12-14-27(15-13-25)32(33,34)35)17-16-26-19-36-29-11-7-6-10-28(26)29/h3-15,19,23,36H,16-18,20-22H2,1-2H3,(H,37,41). The van der Waals surface area contributed by atoms with Crippen molar-refractivity contribution in [1.29, 1.82) is 0 Å². The van der Waals surface area contributed by atoms with Crippen LogP contribution in [-0.2, 0) is 30.5 Å². The Balaban J connectivity index is 1.51. The third kappa shape index (κ3) is 8.36. The van der Waals surface area contributed by atoms with Crippen molar-refractivity contribution in [1.82, 2.24) is 20.1 Å². The van der Waals surface area contributed by atoms with E-state index in [1.54, 1.807) is 4.90 Å². The summed E-state index contributed by atoms with van der Waals surface area (Å²) in [5.74, 6) is -0.153. The van der Waals surface area contributed by atoms with E-state index < -0.39 is 11.7 Å². The quantitative estimate of drug-likeness (QED) is 0.215. The lowest BCUT2D eigenvalue weighted by Crippen LogP contribution is -2.48. The van der Waals surface area contributed by atoms with Crippen molar-refractivity contribution in [2.75, 3.05) is 19.6 Å². The summed E-state index contributed by atoms with van der Waals surface area (Å²) in [6, 6.07) is 21.9. The lowest BCUT2D eigenvalue weighted by Gasteiger charge is -2.29. The van der Waals surface area contributed by atoms with Crippen LogP contribution in [0.25, 0.3) is 10.9 Å². The molecular weight excluding hydrogens is 529 g/mol. The number of carbonyl (C=O) groups excluding carboxylic acids is 2. The van der Waals surface area contributed by atoms with Crippen LogP contribution in [0.4, 0.5) is 18.0 Å². The molecule has 0 aliphatic rings. The van der Waals surface area contributed by atoms with E-state index in [0.29, 0.717) is 31.6 Å². The molecule has 0 aliphatic carbocycles. The predicted octanol–water partition coefficient (Wildman–Crippen LogP) is 6.63. The largest absolute Gasteiger partial charge is 0.416 e. The molecule has 1 aromatic heterocycles. The van der Waals surface area contributed by atoms with Crippen molar-refractivity contribution in [2.24, 2.45) is 5.92 Å². The minimum absolute atomic E-state index is 0.125. The van der Waals surface area contributed by atoms with Gasteiger partial charge in [-0.25, -0.2) is 4.79 Å². The number of alkyl halides is 3. The van der Waals surface area contributed by atoms with Gasteiger partial charge >= 0.3 is 12.2 Å². The van der Waals surface area contributed by atoms with Gasteiger partial charge in [0.15, 0.2) is 0 Å². The fraction of sp³-hybridized carbons (Fsp3) is 0.312. The number of halogens is 3. The van der Waals surface area contributed by atoms with E-state index in [1.807, 2.05) is 74.6 Å². The molecular formula is C32H35F3N4O2. The summed E-state index contributed by atoms with van der Waals surface area (Å²) in [5.41, 5.74) is 2.80. The molecule has 4 aromatic rings. The molecule has 0 bridgehead atoms. The number of aromatic amines is 1. The van der Waals surface area contributed by atoms with Crippen molar-refractivity contribution in [3.05, 3.63) is 107 Å². The van der Waals surface area contributed by atoms with Gasteiger partial charge in [-0.15, -0.1) is 0 Å². The molecule has 0 aliphatic heterocycles. The average Bonchev–Trinajstić information content (AvgIpc) is 3.36. The third-order valence-corrected chi connectivity index (χ3v) is 6.82. The van der Waals surface area contributed by atoms with Crippen LogP contribution in [0, 0.1) is 5.92 Å². The molecule has 0 fully saturated rings. The summed E-state index contributed by atoms with van der Waals surface area (Å²) in [6.45, 7) is 4.97. The van der Waals surface area contributed by atoms with Gasteiger partial charge in [-0.05, 0) is 47.2 Å². The molecule has 3 amide bonds. The van der Waals surface area contributed by atoms with E-state index in [2.05, 4.69) is 10.3 Å². The van der Waals surface area contributed by atoms with Crippen molar-refractivity contribution in [3.8, 4) is 0 Å². The maximum Gasteiger partial charge on any atom is 0.416 e. The van der Waals surface area contributed by atoms with Gasteiger partial charge in [0.1, 0.15) is 6.54 Å². The number of H-pyrrole nitrogens is 1. The first-order valence-corrected chi connectivity index (χ1v) is 13.7. The van der Waals surface area contributed by atoms with Crippen LogP contribution in [0.3, 0.4) is 0 Å². The molecule has 0 atom stereocenters. The number of nitrogens with one attached hydrogen (secondary N) is 2. The van der Waals surface area contributed by atoms with E-state index in [0.717, 1.165) is 34.2 Å². The van der Waals surface area contributed by atoms with Gasteiger partial charge in [0, 0.05) is 43.3 Å².